The summed E-state index contributed by atoms with van der Waals surface area (Å²) < 4.78 is 4.98. The standard InChI is InChI=1S/C12H16.C11H20O2.C8H8/c1-5-10-8-6-7-9-11(10)12(2,3)4;1-4-7-8-10(5-2)9-13-11(12)6-3;1-2-8-6-4-3-5-7-8/h5-9H,1H2,2-4H3;6,10H,3-5,7-9H2,1-2H3;2-7H,1H2. The zero-order valence-corrected chi connectivity index (χ0v) is 21.5. The van der Waals surface area contributed by atoms with E-state index in [1.165, 1.54) is 35.6 Å². The predicted octanol–water partition coefficient (Wildman–Crippen LogP) is 8.89. The number of esters is 1. The van der Waals surface area contributed by atoms with Crippen LogP contribution < -0.4 is 0 Å². The van der Waals surface area contributed by atoms with Gasteiger partial charge in [-0.2, -0.15) is 0 Å². The van der Waals surface area contributed by atoms with Gasteiger partial charge in [0.05, 0.1) is 6.61 Å². The molecule has 0 bridgehead atoms. The van der Waals surface area contributed by atoms with E-state index in [4.69, 9.17) is 4.74 Å². The molecular weight excluding hydrogens is 404 g/mol. The SMILES string of the molecule is C=CC(=O)OCC(CC)CCCC.C=Cc1ccccc1.C=Cc1ccccc1C(C)(C)C. The predicted molar refractivity (Wildman–Crippen MR) is 146 cm³/mol. The zero-order valence-electron chi connectivity index (χ0n) is 21.5. The second-order valence-corrected chi connectivity index (χ2v) is 8.91. The molecule has 2 nitrogen and oxygen atoms in total. The molecule has 2 aromatic rings. The van der Waals surface area contributed by atoms with Crippen molar-refractivity contribution in [2.45, 2.75) is 65.7 Å². The Bertz CT molecular complexity index is 812. The van der Waals surface area contributed by atoms with Gasteiger partial charge in [0.2, 0.25) is 0 Å². The number of rotatable bonds is 9. The molecule has 0 radical (unpaired) electrons. The first-order valence-corrected chi connectivity index (χ1v) is 11.9. The van der Waals surface area contributed by atoms with Crippen LogP contribution >= 0.6 is 0 Å². The number of benzene rings is 2. The molecule has 2 aromatic carbocycles. The van der Waals surface area contributed by atoms with Crippen LogP contribution in [0.1, 0.15) is 77.0 Å². The second-order valence-electron chi connectivity index (χ2n) is 8.91. The third kappa shape index (κ3) is 14.0. The van der Waals surface area contributed by atoms with Crippen molar-refractivity contribution >= 4 is 18.1 Å². The van der Waals surface area contributed by atoms with Gasteiger partial charge < -0.3 is 4.74 Å². The number of hydrogen-bond acceptors (Lipinski definition) is 2. The van der Waals surface area contributed by atoms with Crippen LogP contribution in [0.2, 0.25) is 0 Å². The molecule has 0 saturated heterocycles. The van der Waals surface area contributed by atoms with Crippen molar-refractivity contribution in [1.82, 2.24) is 0 Å². The maximum atomic E-state index is 10.8. The molecule has 0 aliphatic heterocycles. The molecule has 0 aliphatic rings. The molecule has 0 spiro atoms. The molecule has 0 N–H and O–H groups in total. The quantitative estimate of drug-likeness (QED) is 0.283. The van der Waals surface area contributed by atoms with Crippen LogP contribution in [0.3, 0.4) is 0 Å². The maximum Gasteiger partial charge on any atom is 0.330 e. The van der Waals surface area contributed by atoms with E-state index in [1.54, 1.807) is 0 Å². The van der Waals surface area contributed by atoms with E-state index in [9.17, 15) is 4.79 Å². The van der Waals surface area contributed by atoms with E-state index in [2.05, 4.69) is 72.6 Å². The molecule has 0 heterocycles. The molecule has 33 heavy (non-hydrogen) atoms. The number of carbonyl (C=O) groups excluding carboxylic acids is 1. The van der Waals surface area contributed by atoms with E-state index >= 15 is 0 Å². The summed E-state index contributed by atoms with van der Waals surface area (Å²) in [6, 6.07) is 18.4. The molecule has 0 saturated carbocycles. The summed E-state index contributed by atoms with van der Waals surface area (Å²) in [5, 5.41) is 0. The van der Waals surface area contributed by atoms with Crippen molar-refractivity contribution in [1.29, 1.82) is 0 Å². The van der Waals surface area contributed by atoms with Crippen LogP contribution in [0.5, 0.6) is 0 Å². The third-order valence-electron chi connectivity index (χ3n) is 5.20. The smallest absolute Gasteiger partial charge is 0.330 e. The Labute approximate surface area is 203 Å². The highest BCUT2D eigenvalue weighted by Gasteiger charge is 2.15. The van der Waals surface area contributed by atoms with Crippen molar-refractivity contribution in [3.05, 3.63) is 97.1 Å². The third-order valence-corrected chi connectivity index (χ3v) is 5.20. The van der Waals surface area contributed by atoms with Gasteiger partial charge in [-0.25, -0.2) is 4.79 Å². The van der Waals surface area contributed by atoms with Crippen LogP contribution in [0.25, 0.3) is 12.2 Å². The van der Waals surface area contributed by atoms with E-state index < -0.39 is 0 Å². The lowest BCUT2D eigenvalue weighted by molar-refractivity contribution is -0.139. The Morgan fingerprint density at radius 1 is 0.939 bits per heavy atom. The summed E-state index contributed by atoms with van der Waals surface area (Å²) in [6.45, 7) is 22.3. The normalized spacial score (nSPS) is 10.9. The van der Waals surface area contributed by atoms with Gasteiger partial charge in [0.1, 0.15) is 0 Å². The Kier molecular flexibility index (Phi) is 16.1. The zero-order chi connectivity index (χ0) is 25.1. The Hall–Kier alpha value is -2.87. The highest BCUT2D eigenvalue weighted by atomic mass is 16.5. The van der Waals surface area contributed by atoms with Crippen molar-refractivity contribution in [2.75, 3.05) is 6.61 Å². The monoisotopic (exact) mass is 448 g/mol. The number of hydrogen-bond donors (Lipinski definition) is 0. The molecule has 2 heteroatoms. The fourth-order valence-corrected chi connectivity index (χ4v) is 3.10. The lowest BCUT2D eigenvalue weighted by atomic mass is 9.84. The molecule has 0 aliphatic carbocycles. The highest BCUT2D eigenvalue weighted by Crippen LogP contribution is 2.25. The largest absolute Gasteiger partial charge is 0.462 e. The molecule has 0 aromatic heterocycles. The van der Waals surface area contributed by atoms with E-state index in [1.807, 2.05) is 48.6 Å². The average Bonchev–Trinajstić information content (AvgIpc) is 2.84. The van der Waals surface area contributed by atoms with Crippen LogP contribution in [0.4, 0.5) is 0 Å². The van der Waals surface area contributed by atoms with Crippen LogP contribution in [0, 0.1) is 5.92 Å². The topological polar surface area (TPSA) is 26.3 Å². The summed E-state index contributed by atoms with van der Waals surface area (Å²) in [4.78, 5) is 10.8. The van der Waals surface area contributed by atoms with Gasteiger partial charge in [0, 0.05) is 6.08 Å². The minimum atomic E-state index is -0.310. The van der Waals surface area contributed by atoms with Crippen LogP contribution in [-0.2, 0) is 14.9 Å². The van der Waals surface area contributed by atoms with Gasteiger partial charge in [0.25, 0.3) is 0 Å². The minimum Gasteiger partial charge on any atom is -0.462 e. The molecular formula is C31H44O2. The summed E-state index contributed by atoms with van der Waals surface area (Å²) in [6.07, 6.45) is 9.60. The van der Waals surface area contributed by atoms with Crippen molar-refractivity contribution in [3.8, 4) is 0 Å². The second kappa shape index (κ2) is 17.7. The average molecular weight is 449 g/mol. The van der Waals surface area contributed by atoms with Crippen LogP contribution in [-0.4, -0.2) is 12.6 Å². The van der Waals surface area contributed by atoms with Gasteiger partial charge in [-0.05, 0) is 34.4 Å². The number of unbranched alkanes of at least 4 members (excludes halogenated alkanes) is 1. The van der Waals surface area contributed by atoms with Crippen molar-refractivity contribution < 1.29 is 9.53 Å². The number of carbonyl (C=O) groups is 1. The summed E-state index contributed by atoms with van der Waals surface area (Å²) >= 11 is 0. The van der Waals surface area contributed by atoms with Gasteiger partial charge in [-0.1, -0.05) is 140 Å². The lowest BCUT2D eigenvalue weighted by Crippen LogP contribution is -2.12. The van der Waals surface area contributed by atoms with Crippen molar-refractivity contribution in [2.24, 2.45) is 5.92 Å². The Morgan fingerprint density at radius 2 is 1.55 bits per heavy atom. The summed E-state index contributed by atoms with van der Waals surface area (Å²) in [5.41, 5.74) is 3.99. The first kappa shape index (κ1) is 30.1. The highest BCUT2D eigenvalue weighted by molar-refractivity contribution is 5.81. The Balaban J connectivity index is 0.000000477. The van der Waals surface area contributed by atoms with Gasteiger partial charge in [0.15, 0.2) is 0 Å². The van der Waals surface area contributed by atoms with Gasteiger partial charge in [-0.15, -0.1) is 0 Å². The molecule has 2 rings (SSSR count). The summed E-state index contributed by atoms with van der Waals surface area (Å²) in [7, 11) is 0. The molecule has 1 unspecified atom stereocenters. The first-order valence-electron chi connectivity index (χ1n) is 11.9. The molecule has 180 valence electrons. The molecule has 0 amide bonds. The molecule has 1 atom stereocenters. The van der Waals surface area contributed by atoms with Gasteiger partial charge >= 0.3 is 5.97 Å². The summed E-state index contributed by atoms with van der Waals surface area (Å²) in [5.74, 6) is 0.207. The fraction of sp³-hybridized carbons (Fsp3) is 0.387. The van der Waals surface area contributed by atoms with E-state index in [0.717, 1.165) is 12.8 Å². The first-order chi connectivity index (χ1) is 15.7. The van der Waals surface area contributed by atoms with E-state index in [0.29, 0.717) is 12.5 Å². The minimum absolute atomic E-state index is 0.213. The maximum absolute atomic E-state index is 10.8. The van der Waals surface area contributed by atoms with Crippen LogP contribution in [0.15, 0.2) is 80.4 Å². The lowest BCUT2D eigenvalue weighted by Gasteiger charge is -2.21. The number of ether oxygens (including phenoxy) is 1. The van der Waals surface area contributed by atoms with E-state index in [-0.39, 0.29) is 11.4 Å². The molecule has 0 fully saturated rings. The van der Waals surface area contributed by atoms with Gasteiger partial charge in [-0.3, -0.25) is 0 Å². The Morgan fingerprint density at radius 3 is 1.97 bits per heavy atom. The fourth-order valence-electron chi connectivity index (χ4n) is 3.10. The van der Waals surface area contributed by atoms with Crippen molar-refractivity contribution in [3.63, 3.8) is 0 Å².